The Morgan fingerprint density at radius 2 is 0.807 bits per heavy atom. The number of hydrogen-bond donors (Lipinski definition) is 3. The Balaban J connectivity index is 0.000000380. The summed E-state index contributed by atoms with van der Waals surface area (Å²) < 4.78 is 37.4. The van der Waals surface area contributed by atoms with Crippen LogP contribution in [0.1, 0.15) is 64.8 Å². The second kappa shape index (κ2) is 24.1. The summed E-state index contributed by atoms with van der Waals surface area (Å²) in [6.45, 7) is 11.2. The molecule has 0 aromatic heterocycles. The van der Waals surface area contributed by atoms with Crippen LogP contribution in [0, 0.1) is 0 Å². The lowest BCUT2D eigenvalue weighted by Gasteiger charge is -2.26. The first-order valence-electron chi connectivity index (χ1n) is 18.5. The quantitative estimate of drug-likeness (QED) is 0.0566. The van der Waals surface area contributed by atoms with Gasteiger partial charge in [-0.15, -0.1) is 11.6 Å². The molecule has 4 aromatic rings. The van der Waals surface area contributed by atoms with Gasteiger partial charge in [0.05, 0.1) is 25.7 Å². The first-order valence-corrected chi connectivity index (χ1v) is 19.0. The van der Waals surface area contributed by atoms with E-state index in [9.17, 15) is 15.3 Å². The fourth-order valence-corrected chi connectivity index (χ4v) is 5.75. The number of epoxide rings is 1. The average Bonchev–Trinajstić information content (AvgIpc) is 4.03. The molecule has 0 amide bonds. The molecule has 316 valence electrons. The molecule has 4 atom stereocenters. The molecule has 0 radical (unpaired) electrons. The van der Waals surface area contributed by atoms with Crippen molar-refractivity contribution < 1.29 is 48.5 Å². The van der Waals surface area contributed by atoms with Crippen molar-refractivity contribution in [2.45, 2.75) is 77.8 Å². The van der Waals surface area contributed by atoms with Gasteiger partial charge >= 0.3 is 0 Å². The maximum Gasteiger partial charge on any atom is 0.119 e. The third kappa shape index (κ3) is 15.8. The van der Waals surface area contributed by atoms with Crippen LogP contribution < -0.4 is 18.9 Å². The summed E-state index contributed by atoms with van der Waals surface area (Å²) in [4.78, 5) is 0. The Hall–Kier alpha value is -3.87. The van der Waals surface area contributed by atoms with Crippen molar-refractivity contribution in [3.63, 3.8) is 0 Å². The van der Waals surface area contributed by atoms with Crippen LogP contribution in [0.3, 0.4) is 0 Å². The summed E-state index contributed by atoms with van der Waals surface area (Å²) in [5.41, 5.74) is 4.33. The van der Waals surface area contributed by atoms with Crippen LogP contribution in [0.15, 0.2) is 97.1 Å². The fraction of sp³-hybridized carbons (Fsp3) is 0.478. The number of benzene rings is 4. The zero-order valence-electron chi connectivity index (χ0n) is 32.8. The van der Waals surface area contributed by atoms with E-state index in [0.717, 1.165) is 29.2 Å². The smallest absolute Gasteiger partial charge is 0.119 e. The van der Waals surface area contributed by atoms with Gasteiger partial charge in [-0.25, -0.2) is 0 Å². The van der Waals surface area contributed by atoms with E-state index in [-0.39, 0.29) is 70.7 Å². The van der Waals surface area contributed by atoms with Gasteiger partial charge in [0.1, 0.15) is 73.8 Å². The largest absolute Gasteiger partial charge is 0.491 e. The number of aliphatic hydroxyl groups excluding tert-OH is 3. The minimum absolute atomic E-state index is 0. The van der Waals surface area contributed by atoms with Gasteiger partial charge in [-0.3, -0.25) is 0 Å². The Labute approximate surface area is 345 Å². The van der Waals surface area contributed by atoms with Crippen LogP contribution in [-0.4, -0.2) is 106 Å². The average molecular weight is 813 g/mol. The fourth-order valence-electron chi connectivity index (χ4n) is 5.66. The van der Waals surface area contributed by atoms with Crippen LogP contribution in [0.4, 0.5) is 0 Å². The van der Waals surface area contributed by atoms with E-state index >= 15 is 0 Å². The Morgan fingerprint density at radius 1 is 0.526 bits per heavy atom. The molecule has 11 heteroatoms. The van der Waals surface area contributed by atoms with E-state index in [4.69, 9.17) is 44.8 Å². The Kier molecular flexibility index (Phi) is 20.9. The molecule has 1 aliphatic rings. The van der Waals surface area contributed by atoms with E-state index in [1.807, 2.05) is 72.8 Å². The molecule has 1 aliphatic heterocycles. The molecular weight excluding hydrogens is 748 g/mol. The van der Waals surface area contributed by atoms with Crippen molar-refractivity contribution >= 4 is 11.6 Å². The van der Waals surface area contributed by atoms with Crippen LogP contribution in [0.2, 0.25) is 0 Å². The Bertz CT molecular complexity index is 1660. The topological polar surface area (TPSA) is 129 Å². The molecule has 1 heterocycles. The maximum atomic E-state index is 9.67. The number of halogens is 1. The molecule has 4 aromatic carbocycles. The standard InChI is InChI=1S/C22H29ClO5.C22H28O5.2CH4/c1-22(2,16-4-8-20(9-5-16)27-14-18(24)12-23)17-6-10-21(11-7-17)28-15-19(25)13-26-3;1-22(2,17-6-10-20(11-7-17)26-14-21-15-27-21)16-4-8-19(9-5-16)25-13-18(23)12-24-3;;/h4-11,18-19,24-25H,12-15H2,1-3H3;4-11,18,21,23H,12-15H2,1-3H3;2*1H4. The summed E-state index contributed by atoms with van der Waals surface area (Å²) in [5.74, 6) is 3.15. The highest BCUT2D eigenvalue weighted by Gasteiger charge is 2.26. The van der Waals surface area contributed by atoms with E-state index < -0.39 is 18.3 Å². The second-order valence-electron chi connectivity index (χ2n) is 14.6. The predicted octanol–water partition coefficient (Wildman–Crippen LogP) is 7.83. The maximum absolute atomic E-state index is 9.67. The highest BCUT2D eigenvalue weighted by Crippen LogP contribution is 2.35. The molecule has 0 saturated carbocycles. The lowest BCUT2D eigenvalue weighted by atomic mass is 9.78. The van der Waals surface area contributed by atoms with Gasteiger partial charge in [0, 0.05) is 25.0 Å². The molecule has 57 heavy (non-hydrogen) atoms. The molecule has 1 saturated heterocycles. The zero-order valence-corrected chi connectivity index (χ0v) is 33.5. The summed E-state index contributed by atoms with van der Waals surface area (Å²) >= 11 is 5.57. The molecular formula is C46H65ClO10. The number of aliphatic hydroxyl groups is 3. The second-order valence-corrected chi connectivity index (χ2v) is 14.9. The molecule has 5 rings (SSSR count). The normalized spacial score (nSPS) is 15.0. The number of methoxy groups -OCH3 is 2. The molecule has 0 bridgehead atoms. The third-order valence-corrected chi connectivity index (χ3v) is 9.72. The van der Waals surface area contributed by atoms with Crippen LogP contribution >= 0.6 is 11.6 Å². The lowest BCUT2D eigenvalue weighted by molar-refractivity contribution is 0.0325. The zero-order chi connectivity index (χ0) is 39.8. The number of hydrogen-bond acceptors (Lipinski definition) is 10. The summed E-state index contributed by atoms with van der Waals surface area (Å²) in [6, 6.07) is 31.9. The number of ether oxygens (including phenoxy) is 7. The van der Waals surface area contributed by atoms with Crippen LogP contribution in [0.25, 0.3) is 0 Å². The lowest BCUT2D eigenvalue weighted by Crippen LogP contribution is -2.22. The SMILES string of the molecule is C.C.COCC(O)COc1ccc(C(C)(C)c2ccc(OCC(O)CCl)cc2)cc1.COCC(O)COc1ccc(C(C)(C)c2ccc(OCC3CO3)cc2)cc1. The van der Waals surface area contributed by atoms with Crippen molar-refractivity contribution in [3.8, 4) is 23.0 Å². The molecule has 0 aliphatic carbocycles. The van der Waals surface area contributed by atoms with E-state index in [1.54, 1.807) is 14.2 Å². The van der Waals surface area contributed by atoms with Gasteiger partial charge in [0.25, 0.3) is 0 Å². The van der Waals surface area contributed by atoms with Gasteiger partial charge in [0.2, 0.25) is 0 Å². The number of rotatable bonds is 21. The van der Waals surface area contributed by atoms with Gasteiger partial charge in [-0.1, -0.05) is 91.1 Å². The van der Waals surface area contributed by atoms with Crippen LogP contribution in [0.5, 0.6) is 23.0 Å². The molecule has 4 unspecified atom stereocenters. The third-order valence-electron chi connectivity index (χ3n) is 9.37. The van der Waals surface area contributed by atoms with Gasteiger partial charge in [-0.05, 0) is 70.8 Å². The van der Waals surface area contributed by atoms with Crippen molar-refractivity contribution in [2.75, 3.05) is 66.3 Å². The van der Waals surface area contributed by atoms with Gasteiger partial charge in [-0.2, -0.15) is 0 Å². The molecule has 3 N–H and O–H groups in total. The summed E-state index contributed by atoms with van der Waals surface area (Å²) in [5, 5.41) is 28.8. The number of alkyl halides is 1. The highest BCUT2D eigenvalue weighted by atomic mass is 35.5. The van der Waals surface area contributed by atoms with Crippen molar-refractivity contribution in [1.82, 2.24) is 0 Å². The molecule has 0 spiro atoms. The monoisotopic (exact) mass is 812 g/mol. The highest BCUT2D eigenvalue weighted by molar-refractivity contribution is 6.18. The van der Waals surface area contributed by atoms with Crippen LogP contribution in [-0.2, 0) is 25.0 Å². The molecule has 1 fully saturated rings. The first kappa shape index (κ1) is 49.3. The van der Waals surface area contributed by atoms with Gasteiger partial charge in [0.15, 0.2) is 0 Å². The summed E-state index contributed by atoms with van der Waals surface area (Å²) in [6.07, 6.45) is -1.68. The summed E-state index contributed by atoms with van der Waals surface area (Å²) in [7, 11) is 3.10. The van der Waals surface area contributed by atoms with Crippen molar-refractivity contribution in [2.24, 2.45) is 0 Å². The van der Waals surface area contributed by atoms with Gasteiger partial charge < -0.3 is 48.5 Å². The predicted molar refractivity (Wildman–Crippen MR) is 228 cm³/mol. The van der Waals surface area contributed by atoms with Crippen molar-refractivity contribution in [1.29, 1.82) is 0 Å². The minimum Gasteiger partial charge on any atom is -0.491 e. The minimum atomic E-state index is -0.672. The Morgan fingerprint density at radius 3 is 1.07 bits per heavy atom. The van der Waals surface area contributed by atoms with E-state index in [1.165, 1.54) is 11.1 Å². The van der Waals surface area contributed by atoms with E-state index in [0.29, 0.717) is 18.1 Å². The van der Waals surface area contributed by atoms with Crippen molar-refractivity contribution in [3.05, 3.63) is 119 Å². The first-order chi connectivity index (χ1) is 26.3. The van der Waals surface area contributed by atoms with E-state index in [2.05, 4.69) is 52.0 Å². The molecule has 10 nitrogen and oxygen atoms in total.